The minimum Gasteiger partial charge on any atom is -0.508 e. The number of nitrogens with one attached hydrogen (secondary N) is 1. The predicted molar refractivity (Wildman–Crippen MR) is 121 cm³/mol. The maximum absolute atomic E-state index is 12.6. The highest BCUT2D eigenvalue weighted by molar-refractivity contribution is 7.99. The molecule has 0 aliphatic rings. The molecule has 3 aromatic rings. The number of amides is 1. The van der Waals surface area contributed by atoms with Crippen LogP contribution >= 0.6 is 11.8 Å². The molecule has 0 unspecified atom stereocenters. The topological polar surface area (TPSA) is 98.5 Å². The van der Waals surface area contributed by atoms with Gasteiger partial charge in [-0.25, -0.2) is 0 Å². The van der Waals surface area contributed by atoms with Gasteiger partial charge in [-0.2, -0.15) is 0 Å². The van der Waals surface area contributed by atoms with Gasteiger partial charge in [0.1, 0.15) is 17.2 Å². The highest BCUT2D eigenvalue weighted by Gasteiger charge is 2.16. The number of aromatic hydroxyl groups is 1. The first-order chi connectivity index (χ1) is 15.0. The van der Waals surface area contributed by atoms with E-state index in [4.69, 9.17) is 9.47 Å². The highest BCUT2D eigenvalue weighted by Crippen LogP contribution is 2.30. The Labute approximate surface area is 185 Å². The van der Waals surface area contributed by atoms with E-state index in [9.17, 15) is 9.90 Å². The van der Waals surface area contributed by atoms with E-state index in [0.29, 0.717) is 47.9 Å². The predicted octanol–water partition coefficient (Wildman–Crippen LogP) is 4.20. The monoisotopic (exact) mass is 442 g/mol. The smallest absolute Gasteiger partial charge is 0.234 e. The number of benzene rings is 2. The molecule has 0 atom stereocenters. The van der Waals surface area contributed by atoms with E-state index >= 15 is 0 Å². The summed E-state index contributed by atoms with van der Waals surface area (Å²) in [6.45, 7) is 7.46. The second-order valence-electron chi connectivity index (χ2n) is 6.46. The van der Waals surface area contributed by atoms with E-state index in [2.05, 4.69) is 15.5 Å². The molecule has 0 aliphatic heterocycles. The van der Waals surface area contributed by atoms with Crippen LogP contribution in [-0.4, -0.2) is 44.7 Å². The third kappa shape index (κ3) is 5.69. The second kappa shape index (κ2) is 10.7. The fourth-order valence-corrected chi connectivity index (χ4v) is 3.77. The molecule has 0 saturated heterocycles. The summed E-state index contributed by atoms with van der Waals surface area (Å²) in [7, 11) is 0. The molecule has 0 saturated carbocycles. The zero-order valence-corrected chi connectivity index (χ0v) is 18.6. The molecule has 8 nitrogen and oxygen atoms in total. The molecule has 9 heteroatoms. The Balaban J connectivity index is 1.70. The van der Waals surface area contributed by atoms with Crippen molar-refractivity contribution in [2.24, 2.45) is 0 Å². The lowest BCUT2D eigenvalue weighted by atomic mass is 10.2. The molecule has 0 spiro atoms. The van der Waals surface area contributed by atoms with Gasteiger partial charge in [-0.1, -0.05) is 11.8 Å². The van der Waals surface area contributed by atoms with E-state index in [1.54, 1.807) is 36.4 Å². The first-order valence-corrected chi connectivity index (χ1v) is 11.1. The summed E-state index contributed by atoms with van der Waals surface area (Å²) in [6.07, 6.45) is 0. The Kier molecular flexibility index (Phi) is 7.77. The molecule has 0 bridgehead atoms. The van der Waals surface area contributed by atoms with Crippen molar-refractivity contribution < 1.29 is 19.4 Å². The molecule has 164 valence electrons. The molecule has 2 N–H and O–H groups in total. The molecule has 0 fully saturated rings. The van der Waals surface area contributed by atoms with Crippen LogP contribution in [0.1, 0.15) is 20.8 Å². The molecule has 2 aromatic carbocycles. The Morgan fingerprint density at radius 3 is 2.48 bits per heavy atom. The van der Waals surface area contributed by atoms with Crippen molar-refractivity contribution in [3.05, 3.63) is 42.5 Å². The van der Waals surface area contributed by atoms with Gasteiger partial charge in [0.15, 0.2) is 11.0 Å². The number of phenolic OH excluding ortho intramolecular Hbond substituents is 1. The number of nitrogens with zero attached hydrogens (tertiary/aromatic N) is 3. The van der Waals surface area contributed by atoms with Crippen LogP contribution in [0.25, 0.3) is 11.4 Å². The lowest BCUT2D eigenvalue weighted by molar-refractivity contribution is -0.113. The maximum Gasteiger partial charge on any atom is 0.234 e. The Morgan fingerprint density at radius 2 is 1.81 bits per heavy atom. The minimum atomic E-state index is -0.184. The van der Waals surface area contributed by atoms with E-state index in [0.717, 1.165) is 5.56 Å². The van der Waals surface area contributed by atoms with Crippen LogP contribution in [0.5, 0.6) is 17.2 Å². The van der Waals surface area contributed by atoms with E-state index in [1.165, 1.54) is 11.8 Å². The second-order valence-corrected chi connectivity index (χ2v) is 7.40. The molecule has 31 heavy (non-hydrogen) atoms. The maximum atomic E-state index is 12.6. The van der Waals surface area contributed by atoms with Gasteiger partial charge in [-0.05, 0) is 57.2 Å². The molecule has 1 heterocycles. The molecule has 0 radical (unpaired) electrons. The van der Waals surface area contributed by atoms with Crippen LogP contribution < -0.4 is 14.8 Å². The zero-order valence-electron chi connectivity index (χ0n) is 17.8. The average molecular weight is 443 g/mol. The molecule has 1 amide bonds. The van der Waals surface area contributed by atoms with E-state index in [-0.39, 0.29) is 17.4 Å². The number of ether oxygens (including phenoxy) is 2. The Morgan fingerprint density at radius 1 is 1.06 bits per heavy atom. The van der Waals surface area contributed by atoms with Gasteiger partial charge in [0.25, 0.3) is 0 Å². The van der Waals surface area contributed by atoms with Crippen LogP contribution in [-0.2, 0) is 11.3 Å². The molecular formula is C22H26N4O4S. The van der Waals surface area contributed by atoms with E-state index < -0.39 is 0 Å². The fourth-order valence-electron chi connectivity index (χ4n) is 2.97. The fraction of sp³-hybridized carbons (Fsp3) is 0.318. The van der Waals surface area contributed by atoms with Gasteiger partial charge in [-0.15, -0.1) is 10.2 Å². The largest absolute Gasteiger partial charge is 0.508 e. The van der Waals surface area contributed by atoms with Crippen molar-refractivity contribution in [3.63, 3.8) is 0 Å². The number of carbonyl (C=O) groups is 1. The summed E-state index contributed by atoms with van der Waals surface area (Å²) < 4.78 is 13.1. The lowest BCUT2D eigenvalue weighted by Crippen LogP contribution is -2.15. The quantitative estimate of drug-likeness (QED) is 0.454. The number of hydrogen-bond donors (Lipinski definition) is 2. The van der Waals surface area contributed by atoms with Crippen molar-refractivity contribution in [3.8, 4) is 28.6 Å². The molecule has 1 aromatic heterocycles. The standard InChI is InChI=1S/C22H26N4O4S/c1-4-26-21(15-7-9-16(27)10-8-15)24-25-22(26)31-14-20(28)23-18-13-17(29-5-2)11-12-19(18)30-6-3/h7-13,27H,4-6,14H2,1-3H3,(H,23,28). The lowest BCUT2D eigenvalue weighted by Gasteiger charge is -2.13. The number of anilines is 1. The number of carbonyl (C=O) groups excluding carboxylic acids is 1. The highest BCUT2D eigenvalue weighted by atomic mass is 32.2. The van der Waals surface area contributed by atoms with Crippen molar-refractivity contribution in [1.29, 1.82) is 0 Å². The first kappa shape index (κ1) is 22.5. The van der Waals surface area contributed by atoms with Crippen LogP contribution in [0, 0.1) is 0 Å². The number of rotatable bonds is 10. The van der Waals surface area contributed by atoms with Gasteiger partial charge >= 0.3 is 0 Å². The Bertz CT molecular complexity index is 1020. The molecule has 0 aliphatic carbocycles. The number of phenols is 1. The van der Waals surface area contributed by atoms with Gasteiger partial charge in [0.2, 0.25) is 5.91 Å². The summed E-state index contributed by atoms with van der Waals surface area (Å²) in [4.78, 5) is 12.6. The first-order valence-electron chi connectivity index (χ1n) is 10.1. The Hall–Kier alpha value is -3.20. The van der Waals surface area contributed by atoms with Gasteiger partial charge in [0, 0.05) is 18.2 Å². The van der Waals surface area contributed by atoms with E-state index in [1.807, 2.05) is 31.4 Å². The summed E-state index contributed by atoms with van der Waals surface area (Å²) in [5.41, 5.74) is 1.41. The molecule has 3 rings (SSSR count). The number of aromatic nitrogens is 3. The van der Waals surface area contributed by atoms with Crippen molar-refractivity contribution in [1.82, 2.24) is 14.8 Å². The number of hydrogen-bond acceptors (Lipinski definition) is 7. The van der Waals surface area contributed by atoms with Crippen LogP contribution in [0.3, 0.4) is 0 Å². The summed E-state index contributed by atoms with van der Waals surface area (Å²) in [6, 6.07) is 12.1. The van der Waals surface area contributed by atoms with Gasteiger partial charge in [0.05, 0.1) is 24.7 Å². The van der Waals surface area contributed by atoms with Crippen LogP contribution in [0.2, 0.25) is 0 Å². The van der Waals surface area contributed by atoms with Crippen molar-refractivity contribution in [2.75, 3.05) is 24.3 Å². The molecular weight excluding hydrogens is 416 g/mol. The number of thioether (sulfide) groups is 1. The van der Waals surface area contributed by atoms with Gasteiger partial charge in [-0.3, -0.25) is 4.79 Å². The third-order valence-electron chi connectivity index (χ3n) is 4.33. The van der Waals surface area contributed by atoms with Crippen LogP contribution in [0.15, 0.2) is 47.6 Å². The summed E-state index contributed by atoms with van der Waals surface area (Å²) >= 11 is 1.31. The van der Waals surface area contributed by atoms with Crippen molar-refractivity contribution >= 4 is 23.4 Å². The summed E-state index contributed by atoms with van der Waals surface area (Å²) in [5.74, 6) is 2.12. The van der Waals surface area contributed by atoms with Crippen molar-refractivity contribution in [2.45, 2.75) is 32.5 Å². The van der Waals surface area contributed by atoms with Gasteiger partial charge < -0.3 is 24.5 Å². The summed E-state index contributed by atoms with van der Waals surface area (Å²) in [5, 5.41) is 21.5. The third-order valence-corrected chi connectivity index (χ3v) is 5.29. The minimum absolute atomic E-state index is 0.165. The normalized spacial score (nSPS) is 10.7. The zero-order chi connectivity index (χ0) is 22.2. The average Bonchev–Trinajstić information content (AvgIpc) is 3.18. The SMILES string of the molecule is CCOc1ccc(OCC)c(NC(=O)CSc2nnc(-c3ccc(O)cc3)n2CC)c1. The van der Waals surface area contributed by atoms with Crippen LogP contribution in [0.4, 0.5) is 5.69 Å².